The van der Waals surface area contributed by atoms with Crippen LogP contribution in [0.15, 0.2) is 29.4 Å². The van der Waals surface area contributed by atoms with Gasteiger partial charge in [0.05, 0.1) is 5.56 Å². The number of aryl methyl sites for hydroxylation is 3. The number of nitrogens with zero attached hydrogens (tertiary/aromatic N) is 2. The first-order valence-corrected chi connectivity index (χ1v) is 9.06. The van der Waals surface area contributed by atoms with Crippen LogP contribution in [-0.4, -0.2) is 22.0 Å². The Labute approximate surface area is 160 Å². The first-order valence-electron chi connectivity index (χ1n) is 9.06. The normalized spacial score (nSPS) is 11.7. The second-order valence-corrected chi connectivity index (χ2v) is 7.10. The Morgan fingerprint density at radius 1 is 1.22 bits per heavy atom. The molecule has 6 heteroatoms. The van der Waals surface area contributed by atoms with Gasteiger partial charge in [-0.2, -0.15) is 0 Å². The number of nitrogens with two attached hydrogens (primary N) is 1. The number of esters is 1. The monoisotopic (exact) mass is 369 g/mol. The number of amidine groups is 1. The number of hydrogen-bond acceptors (Lipinski definition) is 5. The van der Waals surface area contributed by atoms with Gasteiger partial charge < -0.3 is 15.7 Å². The van der Waals surface area contributed by atoms with Gasteiger partial charge in [-0.25, -0.2) is 4.79 Å². The molecular formula is C21H27N3O3. The number of benzene rings is 1. The van der Waals surface area contributed by atoms with Crippen molar-refractivity contribution >= 4 is 11.8 Å². The van der Waals surface area contributed by atoms with E-state index in [9.17, 15) is 4.79 Å². The molecule has 0 fully saturated rings. The maximum absolute atomic E-state index is 12.8. The average Bonchev–Trinajstić information content (AvgIpc) is 2.61. The van der Waals surface area contributed by atoms with Gasteiger partial charge in [-0.1, -0.05) is 25.9 Å². The van der Waals surface area contributed by atoms with Crippen LogP contribution in [-0.2, 0) is 12.8 Å². The molecule has 0 atom stereocenters. The lowest BCUT2D eigenvalue weighted by molar-refractivity contribution is 0.0731. The van der Waals surface area contributed by atoms with Crippen molar-refractivity contribution in [1.82, 2.24) is 4.98 Å². The molecule has 0 spiro atoms. The van der Waals surface area contributed by atoms with Crippen LogP contribution in [0.25, 0.3) is 0 Å². The second-order valence-electron chi connectivity index (χ2n) is 7.10. The molecule has 6 nitrogen and oxygen atoms in total. The van der Waals surface area contributed by atoms with E-state index in [0.717, 1.165) is 28.9 Å². The standard InChI is InChI=1S/C21H27N3O3/c1-6-15-10-16(20(22)24-26)8-13(4)19(15)27-21(25)17-9-14(5)23-18(11-17)7-12(2)3/h8-12,26H,6-7H2,1-5H3,(H2,22,24). The molecule has 0 amide bonds. The predicted molar refractivity (Wildman–Crippen MR) is 106 cm³/mol. The van der Waals surface area contributed by atoms with E-state index in [-0.39, 0.29) is 5.84 Å². The lowest BCUT2D eigenvalue weighted by Gasteiger charge is -2.14. The number of pyridine rings is 1. The molecule has 0 aliphatic rings. The fraction of sp³-hybridized carbons (Fsp3) is 0.381. The van der Waals surface area contributed by atoms with Crippen molar-refractivity contribution < 1.29 is 14.7 Å². The van der Waals surface area contributed by atoms with Gasteiger partial charge in [-0.15, -0.1) is 0 Å². The number of aromatic nitrogens is 1. The number of hydrogen-bond donors (Lipinski definition) is 2. The van der Waals surface area contributed by atoms with E-state index in [4.69, 9.17) is 15.7 Å². The molecule has 1 heterocycles. The highest BCUT2D eigenvalue weighted by molar-refractivity contribution is 5.98. The quantitative estimate of drug-likeness (QED) is 0.202. The van der Waals surface area contributed by atoms with Gasteiger partial charge in [0.25, 0.3) is 0 Å². The molecule has 3 N–H and O–H groups in total. The van der Waals surface area contributed by atoms with Gasteiger partial charge in [-0.05, 0) is 68.0 Å². The van der Waals surface area contributed by atoms with Crippen molar-refractivity contribution in [3.05, 3.63) is 57.9 Å². The minimum atomic E-state index is -0.417. The molecule has 0 unspecified atom stereocenters. The fourth-order valence-electron chi connectivity index (χ4n) is 2.99. The van der Waals surface area contributed by atoms with Gasteiger partial charge in [0.2, 0.25) is 0 Å². The maximum Gasteiger partial charge on any atom is 0.343 e. The van der Waals surface area contributed by atoms with Crippen LogP contribution < -0.4 is 10.5 Å². The number of oxime groups is 1. The van der Waals surface area contributed by atoms with Crippen LogP contribution in [0, 0.1) is 19.8 Å². The highest BCUT2D eigenvalue weighted by Gasteiger charge is 2.17. The fourth-order valence-corrected chi connectivity index (χ4v) is 2.99. The zero-order valence-corrected chi connectivity index (χ0v) is 16.5. The van der Waals surface area contributed by atoms with Crippen molar-refractivity contribution in [3.8, 4) is 5.75 Å². The zero-order valence-electron chi connectivity index (χ0n) is 16.5. The summed E-state index contributed by atoms with van der Waals surface area (Å²) in [5, 5.41) is 11.9. The summed E-state index contributed by atoms with van der Waals surface area (Å²) in [6.45, 7) is 9.89. The van der Waals surface area contributed by atoms with E-state index in [0.29, 0.717) is 29.2 Å². The molecule has 0 bridgehead atoms. The van der Waals surface area contributed by atoms with Gasteiger partial charge in [0, 0.05) is 17.0 Å². The third-order valence-corrected chi connectivity index (χ3v) is 4.19. The molecule has 0 aliphatic carbocycles. The highest BCUT2D eigenvalue weighted by atomic mass is 16.5. The van der Waals surface area contributed by atoms with E-state index >= 15 is 0 Å². The number of carbonyl (C=O) groups excluding carboxylic acids is 1. The average molecular weight is 369 g/mol. The van der Waals surface area contributed by atoms with Crippen molar-refractivity contribution in [2.24, 2.45) is 16.8 Å². The summed E-state index contributed by atoms with van der Waals surface area (Å²) in [6, 6.07) is 7.03. The summed E-state index contributed by atoms with van der Waals surface area (Å²) in [5.41, 5.74) is 10.00. The Morgan fingerprint density at radius 2 is 1.93 bits per heavy atom. The molecule has 0 radical (unpaired) electrons. The first kappa shape index (κ1) is 20.4. The van der Waals surface area contributed by atoms with Gasteiger partial charge in [0.1, 0.15) is 5.75 Å². The van der Waals surface area contributed by atoms with Crippen molar-refractivity contribution in [2.75, 3.05) is 0 Å². The molecule has 144 valence electrons. The van der Waals surface area contributed by atoms with Crippen molar-refractivity contribution in [1.29, 1.82) is 0 Å². The molecule has 1 aromatic heterocycles. The SMILES string of the molecule is CCc1cc(C(N)=NO)cc(C)c1OC(=O)c1cc(C)nc(CC(C)C)c1. The largest absolute Gasteiger partial charge is 0.422 e. The summed E-state index contributed by atoms with van der Waals surface area (Å²) in [4.78, 5) is 17.3. The lowest BCUT2D eigenvalue weighted by atomic mass is 10.0. The van der Waals surface area contributed by atoms with E-state index in [1.165, 1.54) is 0 Å². The van der Waals surface area contributed by atoms with E-state index in [1.807, 2.05) is 20.8 Å². The Morgan fingerprint density at radius 3 is 2.52 bits per heavy atom. The molecular weight excluding hydrogens is 342 g/mol. The van der Waals surface area contributed by atoms with E-state index < -0.39 is 5.97 Å². The van der Waals surface area contributed by atoms with E-state index in [1.54, 1.807) is 24.3 Å². The smallest absolute Gasteiger partial charge is 0.343 e. The lowest BCUT2D eigenvalue weighted by Crippen LogP contribution is -2.16. The van der Waals surface area contributed by atoms with Crippen LogP contribution in [0.3, 0.4) is 0 Å². The summed E-state index contributed by atoms with van der Waals surface area (Å²) < 4.78 is 5.73. The summed E-state index contributed by atoms with van der Waals surface area (Å²) in [6.07, 6.45) is 1.44. The van der Waals surface area contributed by atoms with Crippen LogP contribution in [0.2, 0.25) is 0 Å². The van der Waals surface area contributed by atoms with Crippen LogP contribution in [0.4, 0.5) is 0 Å². The maximum atomic E-state index is 12.8. The predicted octanol–water partition coefficient (Wildman–Crippen LogP) is 3.77. The molecule has 0 aliphatic heterocycles. The van der Waals surface area contributed by atoms with Gasteiger partial charge in [0.15, 0.2) is 5.84 Å². The number of carbonyl (C=O) groups is 1. The third kappa shape index (κ3) is 5.06. The number of ether oxygens (including phenoxy) is 1. The summed E-state index contributed by atoms with van der Waals surface area (Å²) in [5.74, 6) is 0.564. The van der Waals surface area contributed by atoms with Gasteiger partial charge in [-0.3, -0.25) is 4.98 Å². The molecule has 27 heavy (non-hydrogen) atoms. The molecule has 1 aromatic carbocycles. The topological polar surface area (TPSA) is 97.8 Å². The number of rotatable bonds is 6. The second kappa shape index (κ2) is 8.66. The third-order valence-electron chi connectivity index (χ3n) is 4.19. The highest BCUT2D eigenvalue weighted by Crippen LogP contribution is 2.27. The molecule has 0 saturated heterocycles. The Balaban J connectivity index is 2.37. The van der Waals surface area contributed by atoms with Crippen molar-refractivity contribution in [2.45, 2.75) is 47.5 Å². The molecule has 2 aromatic rings. The van der Waals surface area contributed by atoms with Crippen LogP contribution in [0.5, 0.6) is 5.75 Å². The van der Waals surface area contributed by atoms with Crippen molar-refractivity contribution in [3.63, 3.8) is 0 Å². The summed E-state index contributed by atoms with van der Waals surface area (Å²) in [7, 11) is 0. The minimum Gasteiger partial charge on any atom is -0.422 e. The Kier molecular flexibility index (Phi) is 6.55. The van der Waals surface area contributed by atoms with Gasteiger partial charge >= 0.3 is 5.97 Å². The van der Waals surface area contributed by atoms with Crippen LogP contribution in [0.1, 0.15) is 59.2 Å². The first-order chi connectivity index (χ1) is 12.7. The van der Waals surface area contributed by atoms with Crippen LogP contribution >= 0.6 is 0 Å². The zero-order chi connectivity index (χ0) is 20.1. The Bertz CT molecular complexity index is 873. The molecule has 0 saturated carbocycles. The minimum absolute atomic E-state index is 0.0220. The Hall–Kier alpha value is -2.89. The molecule has 2 rings (SSSR count). The summed E-state index contributed by atoms with van der Waals surface area (Å²) >= 11 is 0. The van der Waals surface area contributed by atoms with E-state index in [2.05, 4.69) is 24.0 Å².